The van der Waals surface area contributed by atoms with Crippen LogP contribution in [-0.4, -0.2) is 5.78 Å². The van der Waals surface area contributed by atoms with E-state index in [2.05, 4.69) is 26.0 Å². The summed E-state index contributed by atoms with van der Waals surface area (Å²) < 4.78 is 0. The standard InChI is InChI=1S/C12H20O/c1-3-5-6-7-11-10(4-2)8-9-12(11)13/h5-6,10-11H,3-4,7-9H2,1-2H3/b6-5+. The predicted molar refractivity (Wildman–Crippen MR) is 55.6 cm³/mol. The molecule has 0 saturated heterocycles. The molecule has 0 radical (unpaired) electrons. The number of rotatable bonds is 4. The summed E-state index contributed by atoms with van der Waals surface area (Å²) in [5.41, 5.74) is 0. The first-order chi connectivity index (χ1) is 6.29. The molecule has 1 fully saturated rings. The Hall–Kier alpha value is -0.590. The minimum absolute atomic E-state index is 0.341. The van der Waals surface area contributed by atoms with Crippen LogP contribution in [0.5, 0.6) is 0 Å². The van der Waals surface area contributed by atoms with E-state index in [-0.39, 0.29) is 0 Å². The van der Waals surface area contributed by atoms with Crippen LogP contribution in [0.25, 0.3) is 0 Å². The second kappa shape index (κ2) is 5.21. The Balaban J connectivity index is 2.44. The number of carbonyl (C=O) groups is 1. The first-order valence-corrected chi connectivity index (χ1v) is 5.47. The lowest BCUT2D eigenvalue weighted by atomic mass is 9.90. The number of ketones is 1. The van der Waals surface area contributed by atoms with Crippen molar-refractivity contribution in [1.82, 2.24) is 0 Å². The van der Waals surface area contributed by atoms with Crippen LogP contribution in [0.1, 0.15) is 46.0 Å². The van der Waals surface area contributed by atoms with E-state index in [9.17, 15) is 4.79 Å². The van der Waals surface area contributed by atoms with E-state index in [1.807, 2.05) is 0 Å². The maximum atomic E-state index is 11.5. The zero-order chi connectivity index (χ0) is 9.68. The highest BCUT2D eigenvalue weighted by molar-refractivity contribution is 5.83. The van der Waals surface area contributed by atoms with Crippen molar-refractivity contribution in [2.24, 2.45) is 11.8 Å². The summed E-state index contributed by atoms with van der Waals surface area (Å²) >= 11 is 0. The van der Waals surface area contributed by atoms with Crippen LogP contribution in [0, 0.1) is 11.8 Å². The summed E-state index contributed by atoms with van der Waals surface area (Å²) in [6.07, 6.45) is 9.51. The maximum Gasteiger partial charge on any atom is 0.136 e. The lowest BCUT2D eigenvalue weighted by molar-refractivity contribution is -0.121. The summed E-state index contributed by atoms with van der Waals surface area (Å²) in [6, 6.07) is 0. The predicted octanol–water partition coefficient (Wildman–Crippen LogP) is 3.35. The lowest BCUT2D eigenvalue weighted by Gasteiger charge is -2.13. The van der Waals surface area contributed by atoms with Gasteiger partial charge in [-0.2, -0.15) is 0 Å². The molecule has 13 heavy (non-hydrogen) atoms. The van der Waals surface area contributed by atoms with Crippen molar-refractivity contribution in [3.63, 3.8) is 0 Å². The summed E-state index contributed by atoms with van der Waals surface area (Å²) in [4.78, 5) is 11.5. The monoisotopic (exact) mass is 180 g/mol. The number of Topliss-reactive ketones (excluding diaryl/α,β-unsaturated/α-hetero) is 1. The van der Waals surface area contributed by atoms with Crippen LogP contribution in [-0.2, 0) is 4.79 Å². The minimum Gasteiger partial charge on any atom is -0.299 e. The Bertz CT molecular complexity index is 193. The van der Waals surface area contributed by atoms with Crippen LogP contribution < -0.4 is 0 Å². The molecule has 1 rings (SSSR count). The van der Waals surface area contributed by atoms with Gasteiger partial charge < -0.3 is 0 Å². The molecule has 1 aliphatic rings. The van der Waals surface area contributed by atoms with Crippen molar-refractivity contribution < 1.29 is 4.79 Å². The van der Waals surface area contributed by atoms with Gasteiger partial charge in [-0.1, -0.05) is 32.4 Å². The molecule has 0 aromatic carbocycles. The van der Waals surface area contributed by atoms with Gasteiger partial charge in [-0.15, -0.1) is 0 Å². The lowest BCUT2D eigenvalue weighted by Crippen LogP contribution is -2.13. The van der Waals surface area contributed by atoms with Gasteiger partial charge in [0, 0.05) is 12.3 Å². The van der Waals surface area contributed by atoms with Gasteiger partial charge in [-0.05, 0) is 25.2 Å². The summed E-state index contributed by atoms with van der Waals surface area (Å²) in [6.45, 7) is 4.32. The third kappa shape index (κ3) is 2.68. The number of hydrogen-bond acceptors (Lipinski definition) is 1. The fraction of sp³-hybridized carbons (Fsp3) is 0.750. The number of allylic oxidation sites excluding steroid dienone is 2. The molecule has 2 atom stereocenters. The van der Waals surface area contributed by atoms with E-state index in [0.717, 1.165) is 32.1 Å². The molecule has 0 N–H and O–H groups in total. The Kier molecular flexibility index (Phi) is 4.20. The molecule has 0 amide bonds. The first kappa shape index (κ1) is 10.5. The van der Waals surface area contributed by atoms with Gasteiger partial charge >= 0.3 is 0 Å². The van der Waals surface area contributed by atoms with E-state index in [1.54, 1.807) is 0 Å². The van der Waals surface area contributed by atoms with Gasteiger partial charge in [0.15, 0.2) is 0 Å². The van der Waals surface area contributed by atoms with E-state index >= 15 is 0 Å². The largest absolute Gasteiger partial charge is 0.299 e. The quantitative estimate of drug-likeness (QED) is 0.606. The van der Waals surface area contributed by atoms with Crippen LogP contribution in [0.4, 0.5) is 0 Å². The van der Waals surface area contributed by atoms with Gasteiger partial charge in [0.05, 0.1) is 0 Å². The number of hydrogen-bond donors (Lipinski definition) is 0. The van der Waals surface area contributed by atoms with Crippen LogP contribution >= 0.6 is 0 Å². The zero-order valence-corrected chi connectivity index (χ0v) is 8.75. The smallest absolute Gasteiger partial charge is 0.136 e. The molecule has 1 nitrogen and oxygen atoms in total. The fourth-order valence-corrected chi connectivity index (χ4v) is 2.20. The van der Waals surface area contributed by atoms with E-state index in [0.29, 0.717) is 17.6 Å². The molecular weight excluding hydrogens is 160 g/mol. The Morgan fingerprint density at radius 1 is 1.38 bits per heavy atom. The van der Waals surface area contributed by atoms with Crippen LogP contribution in [0.3, 0.4) is 0 Å². The molecule has 0 spiro atoms. The highest BCUT2D eigenvalue weighted by Gasteiger charge is 2.31. The van der Waals surface area contributed by atoms with Crippen molar-refractivity contribution in [3.8, 4) is 0 Å². The third-order valence-electron chi connectivity index (χ3n) is 3.06. The Labute approximate surface area is 81.2 Å². The molecule has 0 aliphatic heterocycles. The van der Waals surface area contributed by atoms with Gasteiger partial charge in [0.1, 0.15) is 5.78 Å². The molecule has 0 aromatic heterocycles. The summed E-state index contributed by atoms with van der Waals surface area (Å²) in [5, 5.41) is 0. The topological polar surface area (TPSA) is 17.1 Å². The van der Waals surface area contributed by atoms with Gasteiger partial charge in [-0.3, -0.25) is 4.79 Å². The third-order valence-corrected chi connectivity index (χ3v) is 3.06. The summed E-state index contributed by atoms with van der Waals surface area (Å²) in [5.74, 6) is 1.49. The van der Waals surface area contributed by atoms with Crippen molar-refractivity contribution in [3.05, 3.63) is 12.2 Å². The molecule has 1 saturated carbocycles. The van der Waals surface area contributed by atoms with Crippen molar-refractivity contribution >= 4 is 5.78 Å². The highest BCUT2D eigenvalue weighted by Crippen LogP contribution is 2.33. The van der Waals surface area contributed by atoms with E-state index < -0.39 is 0 Å². The highest BCUT2D eigenvalue weighted by atomic mass is 16.1. The molecule has 2 unspecified atom stereocenters. The molecule has 0 bridgehead atoms. The first-order valence-electron chi connectivity index (χ1n) is 5.47. The van der Waals surface area contributed by atoms with E-state index in [4.69, 9.17) is 0 Å². The average Bonchev–Trinajstić information content (AvgIpc) is 2.48. The van der Waals surface area contributed by atoms with Crippen molar-refractivity contribution in [1.29, 1.82) is 0 Å². The molecule has 1 heteroatoms. The molecular formula is C12H20O. The second-order valence-corrected chi connectivity index (χ2v) is 3.90. The second-order valence-electron chi connectivity index (χ2n) is 3.90. The van der Waals surface area contributed by atoms with Crippen LogP contribution in [0.2, 0.25) is 0 Å². The zero-order valence-electron chi connectivity index (χ0n) is 8.75. The van der Waals surface area contributed by atoms with Gasteiger partial charge in [0.25, 0.3) is 0 Å². The minimum atomic E-state index is 0.341. The SMILES string of the molecule is CC/C=C/CC1C(=O)CCC1CC. The maximum absolute atomic E-state index is 11.5. The van der Waals surface area contributed by atoms with E-state index in [1.165, 1.54) is 0 Å². The van der Waals surface area contributed by atoms with Gasteiger partial charge in [0.2, 0.25) is 0 Å². The molecule has 0 aromatic rings. The average molecular weight is 180 g/mol. The Morgan fingerprint density at radius 3 is 2.77 bits per heavy atom. The van der Waals surface area contributed by atoms with Crippen LogP contribution in [0.15, 0.2) is 12.2 Å². The molecule has 0 heterocycles. The van der Waals surface area contributed by atoms with Gasteiger partial charge in [-0.25, -0.2) is 0 Å². The molecule has 74 valence electrons. The summed E-state index contributed by atoms with van der Waals surface area (Å²) in [7, 11) is 0. The van der Waals surface area contributed by atoms with Crippen molar-refractivity contribution in [2.45, 2.75) is 46.0 Å². The molecule has 1 aliphatic carbocycles. The number of carbonyl (C=O) groups excluding carboxylic acids is 1. The fourth-order valence-electron chi connectivity index (χ4n) is 2.20. The van der Waals surface area contributed by atoms with Crippen molar-refractivity contribution in [2.75, 3.05) is 0 Å². The normalized spacial score (nSPS) is 28.9. The Morgan fingerprint density at radius 2 is 2.15 bits per heavy atom.